The van der Waals surface area contributed by atoms with Crippen LogP contribution in [0.25, 0.3) is 11.0 Å². The van der Waals surface area contributed by atoms with Crippen molar-refractivity contribution in [3.63, 3.8) is 0 Å². The van der Waals surface area contributed by atoms with Crippen LogP contribution in [0.15, 0.2) is 29.4 Å². The van der Waals surface area contributed by atoms with Crippen LogP contribution in [0, 0.1) is 0 Å². The topological polar surface area (TPSA) is 75.3 Å². The van der Waals surface area contributed by atoms with Crippen molar-refractivity contribution in [1.29, 1.82) is 0 Å². The number of hydrogen-bond acceptors (Lipinski definition) is 4. The van der Waals surface area contributed by atoms with Gasteiger partial charge in [-0.2, -0.15) is 0 Å². The van der Waals surface area contributed by atoms with Crippen LogP contribution in [0.4, 0.5) is 4.79 Å². The van der Waals surface area contributed by atoms with Crippen molar-refractivity contribution < 1.29 is 13.7 Å². The van der Waals surface area contributed by atoms with Gasteiger partial charge in [-0.15, -0.1) is 0 Å². The number of para-hydroxylation sites is 2. The van der Waals surface area contributed by atoms with Gasteiger partial charge in [0, 0.05) is 12.6 Å². The van der Waals surface area contributed by atoms with Gasteiger partial charge in [0.1, 0.15) is 5.60 Å². The molecule has 0 aliphatic carbocycles. The number of rotatable bonds is 3. The summed E-state index contributed by atoms with van der Waals surface area (Å²) >= 11 is 0. The summed E-state index contributed by atoms with van der Waals surface area (Å²) in [5.74, 6) is 0.374. The molecule has 1 N–H and O–H groups in total. The largest absolute Gasteiger partial charge is 0.444 e. The maximum atomic E-state index is 12.8. The zero-order chi connectivity index (χ0) is 18.0. The average molecular weight is 363 g/mol. The Hall–Kier alpha value is -1.89. The number of piperidine rings is 1. The zero-order valence-electron chi connectivity index (χ0n) is 14.9. The number of nitrogens with one attached hydrogen (secondary N) is 1. The van der Waals surface area contributed by atoms with Gasteiger partial charge in [0.05, 0.1) is 27.6 Å². The number of aromatic nitrogens is 2. The van der Waals surface area contributed by atoms with E-state index in [1.165, 1.54) is 0 Å². The highest BCUT2D eigenvalue weighted by Gasteiger charge is 2.32. The summed E-state index contributed by atoms with van der Waals surface area (Å²) in [4.78, 5) is 21.7. The van der Waals surface area contributed by atoms with Crippen LogP contribution in [-0.2, 0) is 15.5 Å². The van der Waals surface area contributed by atoms with Crippen LogP contribution in [0.2, 0.25) is 0 Å². The Kier molecular flexibility index (Phi) is 5.13. The van der Waals surface area contributed by atoms with Crippen molar-refractivity contribution >= 4 is 27.9 Å². The third-order valence-electron chi connectivity index (χ3n) is 4.18. The van der Waals surface area contributed by atoms with Gasteiger partial charge in [-0.05, 0) is 52.2 Å². The number of benzene rings is 1. The van der Waals surface area contributed by atoms with Crippen molar-refractivity contribution in [3.8, 4) is 0 Å². The van der Waals surface area contributed by atoms with Gasteiger partial charge in [0.15, 0.2) is 5.16 Å². The highest BCUT2D eigenvalue weighted by molar-refractivity contribution is 7.84. The molecule has 1 aliphatic rings. The summed E-state index contributed by atoms with van der Waals surface area (Å²) in [5, 5.41) is 0.468. The molecule has 2 unspecified atom stereocenters. The number of amides is 1. The van der Waals surface area contributed by atoms with Crippen LogP contribution in [-0.4, -0.2) is 49.1 Å². The predicted octanol–water partition coefficient (Wildman–Crippen LogP) is 3.46. The Labute approximate surface area is 150 Å². The van der Waals surface area contributed by atoms with E-state index in [9.17, 15) is 9.00 Å². The number of imidazole rings is 1. The molecule has 2 atom stereocenters. The molecule has 7 heteroatoms. The van der Waals surface area contributed by atoms with Crippen LogP contribution >= 0.6 is 0 Å². The molecular formula is C18H25N3O3S. The van der Waals surface area contributed by atoms with Crippen molar-refractivity contribution in [2.45, 2.75) is 56.8 Å². The summed E-state index contributed by atoms with van der Waals surface area (Å²) in [6, 6.07) is 7.54. The number of hydrogen-bond donors (Lipinski definition) is 1. The summed E-state index contributed by atoms with van der Waals surface area (Å²) in [6.45, 7) is 6.22. The molecule has 1 aromatic carbocycles. The minimum Gasteiger partial charge on any atom is -0.444 e. The molecule has 2 heterocycles. The summed E-state index contributed by atoms with van der Waals surface area (Å²) < 4.78 is 18.3. The summed E-state index contributed by atoms with van der Waals surface area (Å²) in [7, 11) is -1.29. The molecular weight excluding hydrogens is 338 g/mol. The second kappa shape index (κ2) is 7.15. The lowest BCUT2D eigenvalue weighted by atomic mass is 10.0. The van der Waals surface area contributed by atoms with E-state index >= 15 is 0 Å². The minimum absolute atomic E-state index is 0.0855. The van der Waals surface area contributed by atoms with Gasteiger partial charge >= 0.3 is 6.09 Å². The maximum absolute atomic E-state index is 12.8. The third kappa shape index (κ3) is 4.39. The second-order valence-corrected chi connectivity index (χ2v) is 8.81. The molecule has 0 radical (unpaired) electrons. The molecule has 0 bridgehead atoms. The molecule has 1 fully saturated rings. The highest BCUT2D eigenvalue weighted by atomic mass is 32.2. The van der Waals surface area contributed by atoms with E-state index in [4.69, 9.17) is 4.74 Å². The van der Waals surface area contributed by atoms with Gasteiger partial charge < -0.3 is 14.6 Å². The Bertz CT molecular complexity index is 748. The molecule has 1 aromatic heterocycles. The standard InChI is InChI=1S/C18H25N3O3S/c1-18(2,3)24-17(22)21-11-7-6-8-13(21)12-25(23)16-19-14-9-4-5-10-15(14)20-16/h4-5,9-10,13H,6-8,11-12H2,1-3H3,(H,19,20). The second-order valence-electron chi connectivity index (χ2n) is 7.39. The molecule has 2 aromatic rings. The first-order valence-electron chi connectivity index (χ1n) is 8.66. The van der Waals surface area contributed by atoms with E-state index in [1.54, 1.807) is 4.90 Å². The van der Waals surface area contributed by atoms with Gasteiger partial charge in [-0.1, -0.05) is 12.1 Å². The number of carbonyl (C=O) groups is 1. The lowest BCUT2D eigenvalue weighted by molar-refractivity contribution is 0.0125. The van der Waals surface area contributed by atoms with Crippen LogP contribution in [0.1, 0.15) is 40.0 Å². The van der Waals surface area contributed by atoms with E-state index in [-0.39, 0.29) is 12.1 Å². The Morgan fingerprint density at radius 3 is 2.84 bits per heavy atom. The van der Waals surface area contributed by atoms with Crippen molar-refractivity contribution in [3.05, 3.63) is 24.3 Å². The number of fused-ring (bicyclic) bond motifs is 1. The first-order chi connectivity index (χ1) is 11.8. The summed E-state index contributed by atoms with van der Waals surface area (Å²) in [6.07, 6.45) is 2.50. The Morgan fingerprint density at radius 1 is 1.36 bits per heavy atom. The number of H-pyrrole nitrogens is 1. The molecule has 1 aliphatic heterocycles. The molecule has 6 nitrogen and oxygen atoms in total. The van der Waals surface area contributed by atoms with Crippen molar-refractivity contribution in [1.82, 2.24) is 14.9 Å². The maximum Gasteiger partial charge on any atom is 0.410 e. The van der Waals surface area contributed by atoms with Crippen LogP contribution in [0.3, 0.4) is 0 Å². The smallest absolute Gasteiger partial charge is 0.410 e. The molecule has 0 spiro atoms. The zero-order valence-corrected chi connectivity index (χ0v) is 15.8. The fourth-order valence-corrected chi connectivity index (χ4v) is 4.30. The average Bonchev–Trinajstić information content (AvgIpc) is 2.98. The van der Waals surface area contributed by atoms with E-state index in [0.29, 0.717) is 17.5 Å². The van der Waals surface area contributed by atoms with Gasteiger partial charge in [0.2, 0.25) is 0 Å². The number of likely N-dealkylation sites (tertiary alicyclic amines) is 1. The van der Waals surface area contributed by atoms with Gasteiger partial charge in [0.25, 0.3) is 0 Å². The lowest BCUT2D eigenvalue weighted by Crippen LogP contribution is -2.48. The van der Waals surface area contributed by atoms with Crippen LogP contribution < -0.4 is 0 Å². The first-order valence-corrected chi connectivity index (χ1v) is 9.98. The highest BCUT2D eigenvalue weighted by Crippen LogP contribution is 2.22. The Balaban J connectivity index is 1.72. The fourth-order valence-electron chi connectivity index (χ4n) is 3.03. The monoisotopic (exact) mass is 363 g/mol. The molecule has 1 saturated heterocycles. The predicted molar refractivity (Wildman–Crippen MR) is 97.9 cm³/mol. The van der Waals surface area contributed by atoms with Crippen LogP contribution in [0.5, 0.6) is 0 Å². The quantitative estimate of drug-likeness (QED) is 0.906. The number of aromatic amines is 1. The van der Waals surface area contributed by atoms with E-state index in [2.05, 4.69) is 9.97 Å². The van der Waals surface area contributed by atoms with E-state index in [1.807, 2.05) is 45.0 Å². The van der Waals surface area contributed by atoms with Crippen molar-refractivity contribution in [2.24, 2.45) is 0 Å². The molecule has 1 amide bonds. The van der Waals surface area contributed by atoms with Crippen molar-refractivity contribution in [2.75, 3.05) is 12.3 Å². The molecule has 3 rings (SSSR count). The van der Waals surface area contributed by atoms with Gasteiger partial charge in [-0.3, -0.25) is 4.21 Å². The van der Waals surface area contributed by atoms with E-state index < -0.39 is 16.4 Å². The minimum atomic E-state index is -1.29. The summed E-state index contributed by atoms with van der Waals surface area (Å²) in [5.41, 5.74) is 1.15. The molecule has 136 valence electrons. The fraction of sp³-hybridized carbons (Fsp3) is 0.556. The lowest BCUT2D eigenvalue weighted by Gasteiger charge is -2.36. The third-order valence-corrected chi connectivity index (χ3v) is 5.49. The number of carbonyl (C=O) groups excluding carboxylic acids is 1. The molecule has 25 heavy (non-hydrogen) atoms. The Morgan fingerprint density at radius 2 is 2.12 bits per heavy atom. The number of nitrogens with zero attached hydrogens (tertiary/aromatic N) is 2. The normalized spacial score (nSPS) is 19.8. The SMILES string of the molecule is CC(C)(C)OC(=O)N1CCCCC1CS(=O)c1nc2ccccc2[nH]1. The van der Waals surface area contributed by atoms with E-state index in [0.717, 1.165) is 30.3 Å². The van der Waals surface area contributed by atoms with Gasteiger partial charge in [-0.25, -0.2) is 9.78 Å². The first kappa shape index (κ1) is 17.9. The molecule has 0 saturated carbocycles. The number of ether oxygens (including phenoxy) is 1.